The van der Waals surface area contributed by atoms with Gasteiger partial charge in [-0.05, 0) is 31.2 Å². The van der Waals surface area contributed by atoms with Gasteiger partial charge in [-0.15, -0.1) is 0 Å². The van der Waals surface area contributed by atoms with Crippen LogP contribution in [0, 0.1) is 6.92 Å². The second-order valence-electron chi connectivity index (χ2n) is 5.50. The first-order chi connectivity index (χ1) is 12.0. The number of benzene rings is 2. The van der Waals surface area contributed by atoms with Crippen LogP contribution in [0.25, 0.3) is 11.3 Å². The molecular formula is C18H15ClN4O2. The van der Waals surface area contributed by atoms with Gasteiger partial charge in [0.05, 0.1) is 11.9 Å². The van der Waals surface area contributed by atoms with Crippen LogP contribution in [0.1, 0.15) is 5.56 Å². The summed E-state index contributed by atoms with van der Waals surface area (Å²) in [5.41, 5.74) is 2.40. The van der Waals surface area contributed by atoms with Crippen molar-refractivity contribution in [3.8, 4) is 11.3 Å². The van der Waals surface area contributed by atoms with Gasteiger partial charge in [0, 0.05) is 16.3 Å². The molecule has 7 heteroatoms. The van der Waals surface area contributed by atoms with E-state index in [1.54, 1.807) is 24.3 Å². The Morgan fingerprint density at radius 3 is 2.44 bits per heavy atom. The highest BCUT2D eigenvalue weighted by molar-refractivity contribution is 6.30. The Morgan fingerprint density at radius 1 is 1.12 bits per heavy atom. The number of halogens is 1. The lowest BCUT2D eigenvalue weighted by molar-refractivity contribution is -0.117. The maximum atomic E-state index is 12.1. The van der Waals surface area contributed by atoms with Crippen molar-refractivity contribution in [2.45, 2.75) is 13.5 Å². The van der Waals surface area contributed by atoms with E-state index in [9.17, 15) is 9.59 Å². The largest absolute Gasteiger partial charge is 0.365 e. The lowest BCUT2D eigenvalue weighted by Gasteiger charge is -2.07. The average molecular weight is 355 g/mol. The molecule has 0 atom stereocenters. The molecule has 0 radical (unpaired) electrons. The van der Waals surface area contributed by atoms with Crippen molar-refractivity contribution in [3.05, 3.63) is 75.8 Å². The van der Waals surface area contributed by atoms with E-state index in [0.29, 0.717) is 16.4 Å². The van der Waals surface area contributed by atoms with Crippen molar-refractivity contribution in [1.82, 2.24) is 14.8 Å². The molecule has 0 unspecified atom stereocenters. The fourth-order valence-corrected chi connectivity index (χ4v) is 2.33. The molecule has 1 N–H and O–H groups in total. The molecule has 0 spiro atoms. The van der Waals surface area contributed by atoms with Crippen LogP contribution in [-0.4, -0.2) is 20.7 Å². The molecule has 126 valence electrons. The van der Waals surface area contributed by atoms with Crippen molar-refractivity contribution in [2.75, 3.05) is 5.32 Å². The third kappa shape index (κ3) is 4.30. The third-order valence-corrected chi connectivity index (χ3v) is 3.78. The molecule has 1 aromatic heterocycles. The molecule has 0 aliphatic carbocycles. The van der Waals surface area contributed by atoms with Gasteiger partial charge in [-0.25, -0.2) is 9.48 Å². The highest BCUT2D eigenvalue weighted by Crippen LogP contribution is 2.15. The summed E-state index contributed by atoms with van der Waals surface area (Å²) in [6, 6.07) is 14.3. The van der Waals surface area contributed by atoms with Gasteiger partial charge in [-0.3, -0.25) is 4.79 Å². The zero-order valence-corrected chi connectivity index (χ0v) is 14.2. The first kappa shape index (κ1) is 16.9. The number of nitrogens with one attached hydrogen (secondary N) is 1. The first-order valence-electron chi connectivity index (χ1n) is 7.58. The molecule has 0 fully saturated rings. The molecule has 6 nitrogen and oxygen atoms in total. The minimum absolute atomic E-state index is 0.220. The standard InChI is InChI=1S/C18H15ClN4O2/c1-12-2-4-13(5-3-12)16-10-20-23(18(25)22-16)11-17(24)21-15-8-6-14(19)7-9-15/h2-10H,11H2,1H3,(H,21,24). The van der Waals surface area contributed by atoms with Crippen molar-refractivity contribution >= 4 is 23.2 Å². The van der Waals surface area contributed by atoms with Crippen molar-refractivity contribution in [3.63, 3.8) is 0 Å². The number of rotatable bonds is 4. The van der Waals surface area contributed by atoms with Crippen LogP contribution in [0.5, 0.6) is 0 Å². The second-order valence-corrected chi connectivity index (χ2v) is 5.94. The molecule has 3 aromatic rings. The Labute approximate surface area is 149 Å². The van der Waals surface area contributed by atoms with Crippen LogP contribution in [-0.2, 0) is 11.3 Å². The summed E-state index contributed by atoms with van der Waals surface area (Å²) in [5, 5.41) is 7.28. The maximum absolute atomic E-state index is 12.1. The van der Waals surface area contributed by atoms with Crippen molar-refractivity contribution in [1.29, 1.82) is 0 Å². The van der Waals surface area contributed by atoms with Gasteiger partial charge >= 0.3 is 5.69 Å². The van der Waals surface area contributed by atoms with E-state index in [1.165, 1.54) is 6.20 Å². The Hall–Kier alpha value is -2.99. The zero-order chi connectivity index (χ0) is 17.8. The number of aryl methyl sites for hydroxylation is 1. The Bertz CT molecular complexity index is 950. The molecule has 0 aliphatic heterocycles. The monoisotopic (exact) mass is 354 g/mol. The van der Waals surface area contributed by atoms with Crippen molar-refractivity contribution < 1.29 is 4.79 Å². The minimum Gasteiger partial charge on any atom is -0.324 e. The number of carbonyl (C=O) groups is 1. The normalized spacial score (nSPS) is 10.5. The summed E-state index contributed by atoms with van der Waals surface area (Å²) in [5.74, 6) is -0.373. The molecule has 2 aromatic carbocycles. The second kappa shape index (κ2) is 7.27. The van der Waals surface area contributed by atoms with Gasteiger partial charge in [0.15, 0.2) is 0 Å². The van der Waals surface area contributed by atoms with Crippen LogP contribution >= 0.6 is 11.6 Å². The van der Waals surface area contributed by atoms with Gasteiger partial charge < -0.3 is 5.32 Å². The maximum Gasteiger partial charge on any atom is 0.365 e. The predicted octanol–water partition coefficient (Wildman–Crippen LogP) is 2.91. The topological polar surface area (TPSA) is 76.9 Å². The van der Waals surface area contributed by atoms with E-state index in [0.717, 1.165) is 15.8 Å². The zero-order valence-electron chi connectivity index (χ0n) is 13.4. The number of carbonyl (C=O) groups excluding carboxylic acids is 1. The fourth-order valence-electron chi connectivity index (χ4n) is 2.21. The number of hydrogen-bond donors (Lipinski definition) is 1. The van der Waals surface area contributed by atoms with Crippen LogP contribution in [0.3, 0.4) is 0 Å². The number of anilines is 1. The highest BCUT2D eigenvalue weighted by Gasteiger charge is 2.09. The van der Waals surface area contributed by atoms with Crippen LogP contribution in [0.2, 0.25) is 5.02 Å². The van der Waals surface area contributed by atoms with E-state index in [-0.39, 0.29) is 12.5 Å². The predicted molar refractivity (Wildman–Crippen MR) is 96.5 cm³/mol. The van der Waals surface area contributed by atoms with E-state index >= 15 is 0 Å². The Kier molecular flexibility index (Phi) is 4.90. The molecule has 0 saturated carbocycles. The molecule has 0 bridgehead atoms. The smallest absolute Gasteiger partial charge is 0.324 e. The van der Waals surface area contributed by atoms with Crippen LogP contribution in [0.15, 0.2) is 59.5 Å². The lowest BCUT2D eigenvalue weighted by Crippen LogP contribution is -2.31. The SMILES string of the molecule is Cc1ccc(-c2cnn(CC(=O)Nc3ccc(Cl)cc3)c(=O)n2)cc1. The summed E-state index contributed by atoms with van der Waals surface area (Å²) in [6.45, 7) is 1.76. The summed E-state index contributed by atoms with van der Waals surface area (Å²) in [6.07, 6.45) is 1.47. The summed E-state index contributed by atoms with van der Waals surface area (Å²) >= 11 is 5.80. The number of nitrogens with zero attached hydrogens (tertiary/aromatic N) is 3. The number of hydrogen-bond acceptors (Lipinski definition) is 4. The van der Waals surface area contributed by atoms with Gasteiger partial charge in [0.1, 0.15) is 6.54 Å². The van der Waals surface area contributed by atoms with Gasteiger partial charge in [0.2, 0.25) is 5.91 Å². The van der Waals surface area contributed by atoms with E-state index in [4.69, 9.17) is 11.6 Å². The quantitative estimate of drug-likeness (QED) is 0.781. The number of aromatic nitrogens is 3. The average Bonchev–Trinajstić information content (AvgIpc) is 2.59. The van der Waals surface area contributed by atoms with Crippen molar-refractivity contribution in [2.24, 2.45) is 0 Å². The molecule has 1 amide bonds. The lowest BCUT2D eigenvalue weighted by atomic mass is 10.1. The van der Waals surface area contributed by atoms with Gasteiger partial charge in [0.25, 0.3) is 0 Å². The molecule has 0 aliphatic rings. The summed E-state index contributed by atoms with van der Waals surface area (Å²) < 4.78 is 1.02. The van der Waals surface area contributed by atoms with E-state index < -0.39 is 5.69 Å². The molecule has 3 rings (SSSR count). The summed E-state index contributed by atoms with van der Waals surface area (Å²) in [7, 11) is 0. The Morgan fingerprint density at radius 2 is 1.80 bits per heavy atom. The Balaban J connectivity index is 1.72. The molecule has 25 heavy (non-hydrogen) atoms. The van der Waals surface area contributed by atoms with E-state index in [2.05, 4.69) is 15.4 Å². The number of amides is 1. The summed E-state index contributed by atoms with van der Waals surface area (Å²) in [4.78, 5) is 28.1. The first-order valence-corrected chi connectivity index (χ1v) is 7.96. The minimum atomic E-state index is -0.579. The molecule has 0 saturated heterocycles. The highest BCUT2D eigenvalue weighted by atomic mass is 35.5. The van der Waals surface area contributed by atoms with Gasteiger partial charge in [-0.1, -0.05) is 41.4 Å². The van der Waals surface area contributed by atoms with Crippen LogP contribution in [0.4, 0.5) is 5.69 Å². The van der Waals surface area contributed by atoms with E-state index in [1.807, 2.05) is 31.2 Å². The third-order valence-electron chi connectivity index (χ3n) is 3.52. The molecule has 1 heterocycles. The molecular weight excluding hydrogens is 340 g/mol. The van der Waals surface area contributed by atoms with Crippen LogP contribution < -0.4 is 11.0 Å². The van der Waals surface area contributed by atoms with Gasteiger partial charge in [-0.2, -0.15) is 10.1 Å². The fraction of sp³-hybridized carbons (Fsp3) is 0.111.